The van der Waals surface area contributed by atoms with Crippen LogP contribution in [0.3, 0.4) is 0 Å². The minimum Gasteiger partial charge on any atom is -0.444 e. The number of nitrogens with zero attached hydrogens (tertiary/aromatic N) is 2. The summed E-state index contributed by atoms with van der Waals surface area (Å²) >= 11 is 0. The van der Waals surface area contributed by atoms with Crippen molar-refractivity contribution in [1.29, 1.82) is 0 Å². The van der Waals surface area contributed by atoms with E-state index in [0.717, 1.165) is 24.0 Å². The number of aromatic nitrogens is 1. The molecular weight excluding hydrogens is 316 g/mol. The van der Waals surface area contributed by atoms with E-state index in [2.05, 4.69) is 39.7 Å². The molecule has 0 aliphatic carbocycles. The van der Waals surface area contributed by atoms with Gasteiger partial charge in [-0.05, 0) is 25.3 Å². The van der Waals surface area contributed by atoms with E-state index in [9.17, 15) is 0 Å². The molecule has 0 aliphatic heterocycles. The molecule has 0 amide bonds. The van der Waals surface area contributed by atoms with E-state index >= 15 is 0 Å². The van der Waals surface area contributed by atoms with Gasteiger partial charge in [0.05, 0.1) is 25.5 Å². The molecule has 2 aromatic rings. The maximum atomic E-state index is 5.77. The quantitative estimate of drug-likeness (QED) is 0.569. The predicted octanol–water partition coefficient (Wildman–Crippen LogP) is 2.81. The van der Waals surface area contributed by atoms with E-state index in [1.165, 1.54) is 5.56 Å². The molecule has 1 aromatic carbocycles. The standard InChI is InChI=1S/C19H28N4O2/c1-14(12-24-13-17-8-6-5-7-9-17)10-21-19(20-4)22-11-18-23-15(2)16(3)25-18/h5-9,14H,10-13H2,1-4H3,(H2,20,21,22). The van der Waals surface area contributed by atoms with Crippen molar-refractivity contribution in [3.05, 3.63) is 53.2 Å². The highest BCUT2D eigenvalue weighted by Gasteiger charge is 2.08. The first-order chi connectivity index (χ1) is 12.1. The number of nitrogens with one attached hydrogen (secondary N) is 2. The van der Waals surface area contributed by atoms with Gasteiger partial charge in [0.2, 0.25) is 5.89 Å². The van der Waals surface area contributed by atoms with E-state index in [-0.39, 0.29) is 0 Å². The lowest BCUT2D eigenvalue weighted by molar-refractivity contribution is 0.0931. The second-order valence-corrected chi connectivity index (χ2v) is 6.16. The highest BCUT2D eigenvalue weighted by atomic mass is 16.5. The second kappa shape index (κ2) is 9.84. The molecule has 1 aromatic heterocycles. The van der Waals surface area contributed by atoms with Gasteiger partial charge in [-0.2, -0.15) is 0 Å². The Morgan fingerprint density at radius 1 is 1.24 bits per heavy atom. The molecule has 2 N–H and O–H groups in total. The smallest absolute Gasteiger partial charge is 0.214 e. The summed E-state index contributed by atoms with van der Waals surface area (Å²) in [5.41, 5.74) is 2.11. The fourth-order valence-corrected chi connectivity index (χ4v) is 2.28. The fourth-order valence-electron chi connectivity index (χ4n) is 2.28. The maximum Gasteiger partial charge on any atom is 0.214 e. The monoisotopic (exact) mass is 344 g/mol. The van der Waals surface area contributed by atoms with Crippen LogP contribution in [0.25, 0.3) is 0 Å². The third kappa shape index (κ3) is 6.58. The van der Waals surface area contributed by atoms with E-state index in [1.807, 2.05) is 32.0 Å². The molecule has 0 saturated carbocycles. The summed E-state index contributed by atoms with van der Waals surface area (Å²) in [6, 6.07) is 10.2. The van der Waals surface area contributed by atoms with Gasteiger partial charge in [0.1, 0.15) is 5.76 Å². The molecule has 1 unspecified atom stereocenters. The maximum absolute atomic E-state index is 5.77. The Bertz CT molecular complexity index is 648. The molecule has 136 valence electrons. The number of aryl methyl sites for hydroxylation is 2. The Labute approximate surface area is 149 Å². The first-order valence-corrected chi connectivity index (χ1v) is 8.57. The molecule has 0 saturated heterocycles. The molecule has 1 atom stereocenters. The molecule has 6 heteroatoms. The minimum atomic E-state index is 0.369. The van der Waals surface area contributed by atoms with Gasteiger partial charge in [0, 0.05) is 13.6 Å². The van der Waals surface area contributed by atoms with Gasteiger partial charge in [0.15, 0.2) is 5.96 Å². The van der Waals surface area contributed by atoms with E-state index < -0.39 is 0 Å². The summed E-state index contributed by atoms with van der Waals surface area (Å²) in [6.45, 7) is 8.61. The van der Waals surface area contributed by atoms with Crippen molar-refractivity contribution in [1.82, 2.24) is 15.6 Å². The van der Waals surface area contributed by atoms with Crippen molar-refractivity contribution in [3.8, 4) is 0 Å². The van der Waals surface area contributed by atoms with Gasteiger partial charge < -0.3 is 19.8 Å². The zero-order chi connectivity index (χ0) is 18.1. The van der Waals surface area contributed by atoms with E-state index in [1.54, 1.807) is 7.05 Å². The third-order valence-electron chi connectivity index (χ3n) is 3.84. The molecule has 25 heavy (non-hydrogen) atoms. The summed E-state index contributed by atoms with van der Waals surface area (Å²) in [6.07, 6.45) is 0. The van der Waals surface area contributed by atoms with Crippen LogP contribution in [-0.4, -0.2) is 31.1 Å². The molecule has 0 radical (unpaired) electrons. The van der Waals surface area contributed by atoms with E-state index in [4.69, 9.17) is 9.15 Å². The van der Waals surface area contributed by atoms with Crippen LogP contribution >= 0.6 is 0 Å². The van der Waals surface area contributed by atoms with Crippen molar-refractivity contribution < 1.29 is 9.15 Å². The molecule has 6 nitrogen and oxygen atoms in total. The number of rotatable bonds is 8. The zero-order valence-electron chi connectivity index (χ0n) is 15.5. The number of oxazole rings is 1. The van der Waals surface area contributed by atoms with Crippen molar-refractivity contribution >= 4 is 5.96 Å². The summed E-state index contributed by atoms with van der Waals surface area (Å²) in [5, 5.41) is 6.50. The molecule has 0 aliphatic rings. The predicted molar refractivity (Wildman–Crippen MR) is 99.4 cm³/mol. The summed E-state index contributed by atoms with van der Waals surface area (Å²) in [7, 11) is 1.75. The van der Waals surface area contributed by atoms with Crippen molar-refractivity contribution in [2.45, 2.75) is 33.9 Å². The molecule has 0 spiro atoms. The third-order valence-corrected chi connectivity index (χ3v) is 3.84. The lowest BCUT2D eigenvalue weighted by Gasteiger charge is -2.15. The Morgan fingerprint density at radius 2 is 2.00 bits per heavy atom. The number of aliphatic imine (C=N–C) groups is 1. The zero-order valence-corrected chi connectivity index (χ0v) is 15.5. The van der Waals surface area contributed by atoms with Crippen LogP contribution < -0.4 is 10.6 Å². The first kappa shape index (κ1) is 19.0. The Morgan fingerprint density at radius 3 is 2.64 bits per heavy atom. The van der Waals surface area contributed by atoms with Gasteiger partial charge in [-0.25, -0.2) is 4.98 Å². The average molecular weight is 344 g/mol. The SMILES string of the molecule is CN=C(NCc1nc(C)c(C)o1)NCC(C)COCc1ccccc1. The number of hydrogen-bond acceptors (Lipinski definition) is 4. The van der Waals surface area contributed by atoms with Gasteiger partial charge in [-0.3, -0.25) is 4.99 Å². The first-order valence-electron chi connectivity index (χ1n) is 8.57. The Balaban J connectivity index is 1.65. The van der Waals surface area contributed by atoms with Crippen molar-refractivity contribution in [2.24, 2.45) is 10.9 Å². The second-order valence-electron chi connectivity index (χ2n) is 6.16. The van der Waals surface area contributed by atoms with Crippen LogP contribution in [0.4, 0.5) is 0 Å². The number of benzene rings is 1. The van der Waals surface area contributed by atoms with Gasteiger partial charge >= 0.3 is 0 Å². The summed E-state index contributed by atoms with van der Waals surface area (Å²) in [5.74, 6) is 2.61. The van der Waals surface area contributed by atoms with Crippen LogP contribution in [0.2, 0.25) is 0 Å². The lowest BCUT2D eigenvalue weighted by atomic mass is 10.2. The lowest BCUT2D eigenvalue weighted by Crippen LogP contribution is -2.39. The minimum absolute atomic E-state index is 0.369. The number of ether oxygens (including phenoxy) is 1. The van der Waals surface area contributed by atoms with Crippen LogP contribution in [0.15, 0.2) is 39.7 Å². The van der Waals surface area contributed by atoms with Gasteiger partial charge in [-0.1, -0.05) is 37.3 Å². The molecular formula is C19H28N4O2. The summed E-state index contributed by atoms with van der Waals surface area (Å²) < 4.78 is 11.3. The Kier molecular flexibility index (Phi) is 7.47. The highest BCUT2D eigenvalue weighted by Crippen LogP contribution is 2.07. The van der Waals surface area contributed by atoms with Crippen molar-refractivity contribution in [3.63, 3.8) is 0 Å². The number of guanidine groups is 1. The molecule has 2 rings (SSSR count). The molecule has 0 bridgehead atoms. The fraction of sp³-hybridized carbons (Fsp3) is 0.474. The molecule has 1 heterocycles. The van der Waals surface area contributed by atoms with Gasteiger partial charge in [-0.15, -0.1) is 0 Å². The topological polar surface area (TPSA) is 71.7 Å². The highest BCUT2D eigenvalue weighted by molar-refractivity contribution is 5.79. The van der Waals surface area contributed by atoms with Crippen LogP contribution in [0.5, 0.6) is 0 Å². The van der Waals surface area contributed by atoms with Crippen LogP contribution in [0.1, 0.15) is 29.8 Å². The Hall–Kier alpha value is -2.34. The molecule has 0 fully saturated rings. The largest absolute Gasteiger partial charge is 0.444 e. The number of hydrogen-bond donors (Lipinski definition) is 2. The van der Waals surface area contributed by atoms with Crippen LogP contribution in [-0.2, 0) is 17.9 Å². The normalized spacial score (nSPS) is 12.9. The van der Waals surface area contributed by atoms with Gasteiger partial charge in [0.25, 0.3) is 0 Å². The van der Waals surface area contributed by atoms with E-state index in [0.29, 0.717) is 31.6 Å². The summed E-state index contributed by atoms with van der Waals surface area (Å²) in [4.78, 5) is 8.57. The average Bonchev–Trinajstić information content (AvgIpc) is 2.94. The van der Waals surface area contributed by atoms with Crippen molar-refractivity contribution in [2.75, 3.05) is 20.2 Å². The van der Waals surface area contributed by atoms with Crippen LogP contribution in [0, 0.1) is 19.8 Å².